The average molecular weight is 290 g/mol. The van der Waals surface area contributed by atoms with Gasteiger partial charge in [0.2, 0.25) is 0 Å². The van der Waals surface area contributed by atoms with Gasteiger partial charge in [0, 0.05) is 5.69 Å². The molecule has 0 aliphatic carbocycles. The summed E-state index contributed by atoms with van der Waals surface area (Å²) in [5, 5.41) is 22.7. The molecule has 7 heteroatoms. The highest BCUT2D eigenvalue weighted by molar-refractivity contribution is 6.07. The molecule has 0 heterocycles. The number of phenolic OH excluding ortho intramolecular Hbond substituents is 1. The second kappa shape index (κ2) is 5.58. The van der Waals surface area contributed by atoms with Crippen molar-refractivity contribution in [3.05, 3.63) is 63.5 Å². The number of hydrogen-bond acceptors (Lipinski definition) is 4. The standard InChI is InChI=1S/C14H11FN2O4/c1-8-6-10(3-5-13(8)18)16-14(19)11-4-2-9(15)7-12(11)17(20)21/h2-7,18H,1H3,(H,16,19). The van der Waals surface area contributed by atoms with Gasteiger partial charge in [0.05, 0.1) is 11.0 Å². The number of benzene rings is 2. The van der Waals surface area contributed by atoms with Crippen molar-refractivity contribution in [2.24, 2.45) is 0 Å². The summed E-state index contributed by atoms with van der Waals surface area (Å²) in [6, 6.07) is 7.08. The number of hydrogen-bond donors (Lipinski definition) is 2. The van der Waals surface area contributed by atoms with E-state index >= 15 is 0 Å². The van der Waals surface area contributed by atoms with Crippen molar-refractivity contribution in [3.63, 3.8) is 0 Å². The number of phenols is 1. The Labute approximate surface area is 119 Å². The Hall–Kier alpha value is -2.96. The Morgan fingerprint density at radius 2 is 2.00 bits per heavy atom. The first kappa shape index (κ1) is 14.4. The molecule has 6 nitrogen and oxygen atoms in total. The van der Waals surface area contributed by atoms with Crippen molar-refractivity contribution in [1.82, 2.24) is 0 Å². The maximum atomic E-state index is 13.0. The summed E-state index contributed by atoms with van der Waals surface area (Å²) >= 11 is 0. The molecule has 0 aliphatic heterocycles. The van der Waals surface area contributed by atoms with Crippen LogP contribution in [-0.4, -0.2) is 15.9 Å². The monoisotopic (exact) mass is 290 g/mol. The number of halogens is 1. The fraction of sp³-hybridized carbons (Fsp3) is 0.0714. The van der Waals surface area contributed by atoms with Crippen LogP contribution in [0.1, 0.15) is 15.9 Å². The molecule has 0 saturated heterocycles. The molecule has 0 aliphatic rings. The van der Waals surface area contributed by atoms with Crippen LogP contribution in [0.15, 0.2) is 36.4 Å². The first-order valence-electron chi connectivity index (χ1n) is 5.93. The third kappa shape index (κ3) is 3.14. The molecule has 0 bridgehead atoms. The van der Waals surface area contributed by atoms with Gasteiger partial charge in [-0.1, -0.05) is 0 Å². The van der Waals surface area contributed by atoms with E-state index < -0.39 is 22.3 Å². The third-order valence-electron chi connectivity index (χ3n) is 2.86. The Balaban J connectivity index is 2.32. The molecule has 2 aromatic carbocycles. The highest BCUT2D eigenvalue weighted by Crippen LogP contribution is 2.23. The highest BCUT2D eigenvalue weighted by atomic mass is 19.1. The van der Waals surface area contributed by atoms with Crippen molar-refractivity contribution >= 4 is 17.3 Å². The molecule has 21 heavy (non-hydrogen) atoms. The minimum atomic E-state index is -0.819. The number of carbonyl (C=O) groups is 1. The first-order valence-corrected chi connectivity index (χ1v) is 5.93. The molecule has 108 valence electrons. The lowest BCUT2D eigenvalue weighted by atomic mass is 10.1. The molecule has 1 amide bonds. The fourth-order valence-electron chi connectivity index (χ4n) is 1.78. The zero-order valence-electron chi connectivity index (χ0n) is 11.0. The molecule has 0 unspecified atom stereocenters. The largest absolute Gasteiger partial charge is 0.508 e. The van der Waals surface area contributed by atoms with E-state index in [9.17, 15) is 24.4 Å². The van der Waals surface area contributed by atoms with E-state index in [1.807, 2.05) is 0 Å². The lowest BCUT2D eigenvalue weighted by Crippen LogP contribution is -2.14. The van der Waals surface area contributed by atoms with Crippen LogP contribution in [0.25, 0.3) is 0 Å². The van der Waals surface area contributed by atoms with Gasteiger partial charge in [-0.25, -0.2) is 4.39 Å². The number of carbonyl (C=O) groups excluding carboxylic acids is 1. The van der Waals surface area contributed by atoms with Gasteiger partial charge in [-0.3, -0.25) is 14.9 Å². The number of nitrogens with one attached hydrogen (secondary N) is 1. The van der Waals surface area contributed by atoms with Crippen molar-refractivity contribution in [1.29, 1.82) is 0 Å². The normalized spacial score (nSPS) is 10.2. The third-order valence-corrected chi connectivity index (χ3v) is 2.86. The highest BCUT2D eigenvalue weighted by Gasteiger charge is 2.21. The summed E-state index contributed by atoms with van der Waals surface area (Å²) in [4.78, 5) is 22.1. The quantitative estimate of drug-likeness (QED) is 0.516. The predicted molar refractivity (Wildman–Crippen MR) is 73.9 cm³/mol. The van der Waals surface area contributed by atoms with Gasteiger partial charge in [0.1, 0.15) is 17.1 Å². The van der Waals surface area contributed by atoms with Crippen molar-refractivity contribution in [2.45, 2.75) is 6.92 Å². The zero-order valence-corrected chi connectivity index (χ0v) is 11.0. The lowest BCUT2D eigenvalue weighted by Gasteiger charge is -2.07. The van der Waals surface area contributed by atoms with Crippen LogP contribution in [0, 0.1) is 22.9 Å². The van der Waals surface area contributed by atoms with Gasteiger partial charge in [0.25, 0.3) is 11.6 Å². The Morgan fingerprint density at radius 1 is 1.29 bits per heavy atom. The van der Waals surface area contributed by atoms with Crippen LogP contribution in [0.4, 0.5) is 15.8 Å². The number of rotatable bonds is 3. The van der Waals surface area contributed by atoms with E-state index in [4.69, 9.17) is 0 Å². The molecule has 0 spiro atoms. The van der Waals surface area contributed by atoms with Crippen LogP contribution in [-0.2, 0) is 0 Å². The molecule has 2 rings (SSSR count). The maximum absolute atomic E-state index is 13.0. The Morgan fingerprint density at radius 3 is 2.62 bits per heavy atom. The van der Waals surface area contributed by atoms with E-state index in [2.05, 4.69) is 5.32 Å². The topological polar surface area (TPSA) is 92.5 Å². The van der Waals surface area contributed by atoms with Crippen LogP contribution < -0.4 is 5.32 Å². The Kier molecular flexibility index (Phi) is 3.84. The minimum absolute atomic E-state index is 0.0701. The average Bonchev–Trinajstić information content (AvgIpc) is 2.42. The summed E-state index contributed by atoms with van der Waals surface area (Å²) in [5.74, 6) is -1.45. The number of nitro benzene ring substituents is 1. The van der Waals surface area contributed by atoms with Crippen LogP contribution in [0.3, 0.4) is 0 Å². The van der Waals surface area contributed by atoms with Gasteiger partial charge in [-0.15, -0.1) is 0 Å². The predicted octanol–water partition coefficient (Wildman–Crippen LogP) is 3.00. The maximum Gasteiger partial charge on any atom is 0.285 e. The fourth-order valence-corrected chi connectivity index (χ4v) is 1.78. The summed E-state index contributed by atoms with van der Waals surface area (Å²) in [6.07, 6.45) is 0. The van der Waals surface area contributed by atoms with Crippen LogP contribution in [0.2, 0.25) is 0 Å². The van der Waals surface area contributed by atoms with E-state index in [-0.39, 0.29) is 11.3 Å². The zero-order chi connectivity index (χ0) is 15.6. The van der Waals surface area contributed by atoms with Gasteiger partial charge >= 0.3 is 0 Å². The van der Waals surface area contributed by atoms with Gasteiger partial charge in [-0.2, -0.15) is 0 Å². The van der Waals surface area contributed by atoms with E-state index in [1.54, 1.807) is 6.92 Å². The second-order valence-corrected chi connectivity index (χ2v) is 4.37. The van der Waals surface area contributed by atoms with E-state index in [1.165, 1.54) is 18.2 Å². The van der Waals surface area contributed by atoms with E-state index in [0.717, 1.165) is 12.1 Å². The number of nitrogens with zero attached hydrogens (tertiary/aromatic N) is 1. The number of anilines is 1. The van der Waals surface area contributed by atoms with Crippen molar-refractivity contribution in [3.8, 4) is 5.75 Å². The molecule has 0 radical (unpaired) electrons. The van der Waals surface area contributed by atoms with Gasteiger partial charge in [0.15, 0.2) is 0 Å². The summed E-state index contributed by atoms with van der Waals surface area (Å²) in [6.45, 7) is 1.64. The summed E-state index contributed by atoms with van der Waals surface area (Å²) < 4.78 is 13.0. The smallest absolute Gasteiger partial charge is 0.285 e. The number of amides is 1. The molecular formula is C14H11FN2O4. The molecule has 0 atom stereocenters. The van der Waals surface area contributed by atoms with Gasteiger partial charge < -0.3 is 10.4 Å². The molecule has 0 saturated carbocycles. The van der Waals surface area contributed by atoms with Crippen LogP contribution >= 0.6 is 0 Å². The van der Waals surface area contributed by atoms with Crippen molar-refractivity contribution in [2.75, 3.05) is 5.32 Å². The SMILES string of the molecule is Cc1cc(NC(=O)c2ccc(F)cc2[N+](=O)[O-])ccc1O. The van der Waals surface area contributed by atoms with Gasteiger partial charge in [-0.05, 0) is 42.8 Å². The molecule has 2 N–H and O–H groups in total. The summed E-state index contributed by atoms with van der Waals surface area (Å²) in [7, 11) is 0. The Bertz CT molecular complexity index is 731. The second-order valence-electron chi connectivity index (χ2n) is 4.37. The first-order chi connectivity index (χ1) is 9.88. The summed E-state index contributed by atoms with van der Waals surface area (Å²) in [5.41, 5.74) is 0.0606. The minimum Gasteiger partial charge on any atom is -0.508 e. The van der Waals surface area contributed by atoms with Crippen molar-refractivity contribution < 1.29 is 19.2 Å². The lowest BCUT2D eigenvalue weighted by molar-refractivity contribution is -0.385. The van der Waals surface area contributed by atoms with E-state index in [0.29, 0.717) is 17.3 Å². The molecular weight excluding hydrogens is 279 g/mol. The molecule has 2 aromatic rings. The number of aromatic hydroxyl groups is 1. The van der Waals surface area contributed by atoms with Crippen LogP contribution in [0.5, 0.6) is 5.75 Å². The molecule has 0 fully saturated rings. The number of nitro groups is 1. The molecule has 0 aromatic heterocycles. The number of aryl methyl sites for hydroxylation is 1.